The Morgan fingerprint density at radius 3 is 2.77 bits per heavy atom. The minimum absolute atomic E-state index is 0.0832. The number of carbonyl (C=O) groups is 1. The third kappa shape index (κ3) is 2.57. The van der Waals surface area contributed by atoms with E-state index in [4.69, 9.17) is 4.74 Å². The highest BCUT2D eigenvalue weighted by Gasteiger charge is 2.35. The zero-order chi connectivity index (χ0) is 18.1. The third-order valence-corrected chi connectivity index (χ3v) is 4.46. The number of aromatic nitrogens is 3. The van der Waals surface area contributed by atoms with Gasteiger partial charge in [-0.05, 0) is 31.2 Å². The molecule has 0 aliphatic carbocycles. The topological polar surface area (TPSA) is 72.3 Å². The van der Waals surface area contributed by atoms with Crippen molar-refractivity contribution in [2.24, 2.45) is 0 Å². The molecular formula is C19H19N5O2. The van der Waals surface area contributed by atoms with Crippen molar-refractivity contribution in [3.05, 3.63) is 66.1 Å². The number of carbonyl (C=O) groups excluding carboxylic acids is 1. The quantitative estimate of drug-likeness (QED) is 0.784. The largest absolute Gasteiger partial charge is 0.481 e. The highest BCUT2D eigenvalue weighted by molar-refractivity contribution is 6.12. The third-order valence-electron chi connectivity index (χ3n) is 4.46. The second kappa shape index (κ2) is 6.51. The molecule has 0 fully saturated rings. The van der Waals surface area contributed by atoms with Crippen molar-refractivity contribution in [1.82, 2.24) is 14.8 Å². The van der Waals surface area contributed by atoms with Gasteiger partial charge in [0.05, 0.1) is 30.3 Å². The maximum atomic E-state index is 13.3. The number of fused-ring (bicyclic) bond motifs is 1. The summed E-state index contributed by atoms with van der Waals surface area (Å²) in [6.07, 6.45) is 3.01. The molecule has 0 radical (unpaired) electrons. The van der Waals surface area contributed by atoms with Crippen LogP contribution >= 0.6 is 0 Å². The molecule has 3 heterocycles. The summed E-state index contributed by atoms with van der Waals surface area (Å²) in [6.45, 7) is 2.74. The molecule has 4 rings (SSSR count). The minimum Gasteiger partial charge on any atom is -0.481 e. The average molecular weight is 349 g/mol. The Kier molecular flexibility index (Phi) is 4.04. The first kappa shape index (κ1) is 16.1. The Bertz CT molecular complexity index is 935. The smallest absolute Gasteiger partial charge is 0.262 e. The number of nitrogens with one attached hydrogen (secondary N) is 1. The van der Waals surface area contributed by atoms with E-state index in [1.807, 2.05) is 48.0 Å². The molecule has 1 aliphatic heterocycles. The first-order valence-electron chi connectivity index (χ1n) is 8.43. The second-order valence-corrected chi connectivity index (χ2v) is 5.90. The van der Waals surface area contributed by atoms with Gasteiger partial charge in [-0.1, -0.05) is 12.1 Å². The lowest BCUT2D eigenvalue weighted by Crippen LogP contribution is -2.44. The van der Waals surface area contributed by atoms with E-state index in [9.17, 15) is 4.79 Å². The number of nitrogens with zero attached hydrogens (tertiary/aromatic N) is 4. The van der Waals surface area contributed by atoms with Crippen LogP contribution in [0.1, 0.15) is 29.1 Å². The fourth-order valence-electron chi connectivity index (χ4n) is 3.20. The van der Waals surface area contributed by atoms with Crippen LogP contribution in [0.3, 0.4) is 0 Å². The number of benzene rings is 1. The fourth-order valence-corrected chi connectivity index (χ4v) is 3.20. The van der Waals surface area contributed by atoms with Crippen molar-refractivity contribution in [2.75, 3.05) is 17.3 Å². The van der Waals surface area contributed by atoms with Gasteiger partial charge in [-0.25, -0.2) is 4.98 Å². The van der Waals surface area contributed by atoms with Crippen LogP contribution < -0.4 is 15.0 Å². The molecule has 2 aromatic heterocycles. The van der Waals surface area contributed by atoms with E-state index in [-0.39, 0.29) is 12.1 Å². The monoisotopic (exact) mass is 349 g/mol. The lowest BCUT2D eigenvalue weighted by molar-refractivity contribution is 0.0973. The van der Waals surface area contributed by atoms with Gasteiger partial charge < -0.3 is 10.1 Å². The van der Waals surface area contributed by atoms with Crippen LogP contribution in [-0.4, -0.2) is 27.8 Å². The molecular weight excluding hydrogens is 330 g/mol. The van der Waals surface area contributed by atoms with Crippen LogP contribution in [-0.2, 0) is 6.54 Å². The molecule has 1 amide bonds. The molecule has 132 valence electrons. The van der Waals surface area contributed by atoms with Gasteiger partial charge in [0, 0.05) is 24.5 Å². The van der Waals surface area contributed by atoms with Gasteiger partial charge in [0.1, 0.15) is 6.17 Å². The summed E-state index contributed by atoms with van der Waals surface area (Å²) < 4.78 is 7.01. The number of aryl methyl sites for hydroxylation is 1. The molecule has 1 aliphatic rings. The average Bonchev–Trinajstić information content (AvgIpc) is 3.17. The zero-order valence-corrected chi connectivity index (χ0v) is 14.6. The molecule has 26 heavy (non-hydrogen) atoms. The van der Waals surface area contributed by atoms with Gasteiger partial charge >= 0.3 is 0 Å². The summed E-state index contributed by atoms with van der Waals surface area (Å²) >= 11 is 0. The Morgan fingerprint density at radius 1 is 1.19 bits per heavy atom. The Hall–Kier alpha value is -3.35. The summed E-state index contributed by atoms with van der Waals surface area (Å²) in [4.78, 5) is 19.2. The highest BCUT2D eigenvalue weighted by atomic mass is 16.5. The lowest BCUT2D eigenvalue weighted by Gasteiger charge is -2.37. The number of methoxy groups -OCH3 is 1. The van der Waals surface area contributed by atoms with Crippen LogP contribution in [0.15, 0.2) is 54.9 Å². The number of hydrogen-bond donors (Lipinski definition) is 1. The first-order valence-corrected chi connectivity index (χ1v) is 8.43. The van der Waals surface area contributed by atoms with Crippen LogP contribution in [0.2, 0.25) is 0 Å². The van der Waals surface area contributed by atoms with Gasteiger partial charge in [0.15, 0.2) is 0 Å². The molecule has 0 saturated carbocycles. The molecule has 0 bridgehead atoms. The van der Waals surface area contributed by atoms with Gasteiger partial charge in [-0.3, -0.25) is 14.4 Å². The SMILES string of the molecule is CCn1nccc1C1Nc2ccccc2C(=O)N1c1ccc(OC)nc1. The van der Waals surface area contributed by atoms with Crippen molar-refractivity contribution < 1.29 is 9.53 Å². The van der Waals surface area contributed by atoms with Crippen LogP contribution in [0.4, 0.5) is 11.4 Å². The molecule has 1 N–H and O–H groups in total. The van der Waals surface area contributed by atoms with Crippen LogP contribution in [0.5, 0.6) is 5.88 Å². The summed E-state index contributed by atoms with van der Waals surface area (Å²) in [5.41, 5.74) is 3.03. The summed E-state index contributed by atoms with van der Waals surface area (Å²) in [7, 11) is 1.56. The van der Waals surface area contributed by atoms with E-state index in [2.05, 4.69) is 15.4 Å². The van der Waals surface area contributed by atoms with Crippen molar-refractivity contribution >= 4 is 17.3 Å². The number of ether oxygens (including phenoxy) is 1. The lowest BCUT2D eigenvalue weighted by atomic mass is 10.1. The number of rotatable bonds is 4. The predicted molar refractivity (Wildman–Crippen MR) is 98.3 cm³/mol. The number of anilines is 2. The van der Waals surface area contributed by atoms with Crippen molar-refractivity contribution in [3.8, 4) is 5.88 Å². The standard InChI is InChI=1S/C19H19N5O2/c1-3-23-16(10-11-21-23)18-22-15-7-5-4-6-14(15)19(25)24(18)13-8-9-17(26-2)20-12-13/h4-12,18,22H,3H2,1-2H3. The van der Waals surface area contributed by atoms with Crippen molar-refractivity contribution in [1.29, 1.82) is 0 Å². The van der Waals surface area contributed by atoms with Crippen LogP contribution in [0.25, 0.3) is 0 Å². The van der Waals surface area contributed by atoms with Gasteiger partial charge in [0.25, 0.3) is 5.91 Å². The van der Waals surface area contributed by atoms with Gasteiger partial charge in [-0.2, -0.15) is 5.10 Å². The Labute approximate surface area is 151 Å². The molecule has 0 spiro atoms. The molecule has 7 heteroatoms. The van der Waals surface area contributed by atoms with Crippen molar-refractivity contribution in [2.45, 2.75) is 19.6 Å². The Balaban J connectivity index is 1.84. The van der Waals surface area contributed by atoms with E-state index >= 15 is 0 Å². The molecule has 0 saturated heterocycles. The number of hydrogen-bond acceptors (Lipinski definition) is 5. The van der Waals surface area contributed by atoms with Crippen molar-refractivity contribution in [3.63, 3.8) is 0 Å². The van der Waals surface area contributed by atoms with E-state index in [0.29, 0.717) is 23.7 Å². The van der Waals surface area contributed by atoms with E-state index < -0.39 is 0 Å². The predicted octanol–water partition coefficient (Wildman–Crippen LogP) is 3.08. The highest BCUT2D eigenvalue weighted by Crippen LogP contribution is 2.36. The maximum absolute atomic E-state index is 13.3. The van der Waals surface area contributed by atoms with E-state index in [1.165, 1.54) is 0 Å². The minimum atomic E-state index is -0.380. The summed E-state index contributed by atoms with van der Waals surface area (Å²) in [5, 5.41) is 7.82. The van der Waals surface area contributed by atoms with E-state index in [1.54, 1.807) is 30.5 Å². The molecule has 1 unspecified atom stereocenters. The van der Waals surface area contributed by atoms with Gasteiger partial charge in [-0.15, -0.1) is 0 Å². The summed E-state index contributed by atoms with van der Waals surface area (Å²) in [5.74, 6) is 0.418. The van der Waals surface area contributed by atoms with E-state index in [0.717, 1.165) is 11.4 Å². The summed E-state index contributed by atoms with van der Waals surface area (Å²) in [6, 6.07) is 13.0. The molecule has 3 aromatic rings. The van der Waals surface area contributed by atoms with Crippen LogP contribution in [0, 0.1) is 0 Å². The van der Waals surface area contributed by atoms with Gasteiger partial charge in [0.2, 0.25) is 5.88 Å². The number of para-hydroxylation sites is 1. The molecule has 1 atom stereocenters. The second-order valence-electron chi connectivity index (χ2n) is 5.90. The maximum Gasteiger partial charge on any atom is 0.262 e. The zero-order valence-electron chi connectivity index (χ0n) is 14.6. The molecule has 7 nitrogen and oxygen atoms in total. The normalized spacial score (nSPS) is 16.2. The Morgan fingerprint density at radius 2 is 2.04 bits per heavy atom. The number of pyridine rings is 1. The number of amides is 1. The first-order chi connectivity index (χ1) is 12.7. The molecule has 1 aromatic carbocycles. The fraction of sp³-hybridized carbons (Fsp3) is 0.211.